The van der Waals surface area contributed by atoms with Crippen molar-refractivity contribution in [3.05, 3.63) is 48.5 Å². The molecule has 2 amide bonds. The molecule has 0 aliphatic carbocycles. The average molecular weight is 395 g/mol. The van der Waals surface area contributed by atoms with Gasteiger partial charge in [0, 0.05) is 32.2 Å². The van der Waals surface area contributed by atoms with Crippen molar-refractivity contribution >= 4 is 23.2 Å². The van der Waals surface area contributed by atoms with Gasteiger partial charge in [0.1, 0.15) is 11.5 Å². The van der Waals surface area contributed by atoms with Crippen molar-refractivity contribution in [1.29, 1.82) is 0 Å². The van der Waals surface area contributed by atoms with Gasteiger partial charge in [-0.05, 0) is 31.2 Å². The maximum absolute atomic E-state index is 13.1. The standard InChI is InChI=1S/C22H25N3O4/c1-2-29-17-7-5-6-16(14-17)25-21(27)15-19(22(25)28)24-12-10-23(11-13-24)18-8-3-4-9-20(18)26/h3-9,14,19,26H,2,10-13,15H2,1H3/t19-/m1/s1. The molecule has 4 rings (SSSR count). The molecule has 0 unspecified atom stereocenters. The number of carbonyl (C=O) groups is 2. The van der Waals surface area contributed by atoms with Crippen LogP contribution in [0.2, 0.25) is 0 Å². The maximum Gasteiger partial charge on any atom is 0.251 e. The monoisotopic (exact) mass is 395 g/mol. The third kappa shape index (κ3) is 3.78. The normalized spacial score (nSPS) is 20.4. The first-order chi connectivity index (χ1) is 14.1. The second kappa shape index (κ2) is 8.13. The lowest BCUT2D eigenvalue weighted by molar-refractivity contribution is -0.123. The van der Waals surface area contributed by atoms with Crippen LogP contribution in [-0.4, -0.2) is 60.6 Å². The van der Waals surface area contributed by atoms with Gasteiger partial charge in [0.2, 0.25) is 5.91 Å². The maximum atomic E-state index is 13.1. The van der Waals surface area contributed by atoms with E-state index in [0.29, 0.717) is 44.2 Å². The van der Waals surface area contributed by atoms with Crippen LogP contribution in [0.25, 0.3) is 0 Å². The molecule has 2 aromatic rings. The van der Waals surface area contributed by atoms with Gasteiger partial charge >= 0.3 is 0 Å². The molecule has 152 valence electrons. The van der Waals surface area contributed by atoms with E-state index in [0.717, 1.165) is 5.69 Å². The lowest BCUT2D eigenvalue weighted by Gasteiger charge is -2.38. The van der Waals surface area contributed by atoms with Crippen molar-refractivity contribution in [3.63, 3.8) is 0 Å². The first-order valence-electron chi connectivity index (χ1n) is 9.95. The molecule has 0 aromatic heterocycles. The zero-order valence-corrected chi connectivity index (χ0v) is 16.5. The number of benzene rings is 2. The average Bonchev–Trinajstić information content (AvgIpc) is 3.03. The molecular weight excluding hydrogens is 370 g/mol. The van der Waals surface area contributed by atoms with E-state index in [9.17, 15) is 14.7 Å². The van der Waals surface area contributed by atoms with Gasteiger partial charge < -0.3 is 14.7 Å². The molecule has 2 aliphatic heterocycles. The first kappa shape index (κ1) is 19.3. The topological polar surface area (TPSA) is 73.3 Å². The van der Waals surface area contributed by atoms with Crippen LogP contribution < -0.4 is 14.5 Å². The molecule has 7 heteroatoms. The summed E-state index contributed by atoms with van der Waals surface area (Å²) < 4.78 is 5.50. The van der Waals surface area contributed by atoms with Crippen molar-refractivity contribution in [3.8, 4) is 11.5 Å². The summed E-state index contributed by atoms with van der Waals surface area (Å²) in [6.45, 7) is 5.11. The van der Waals surface area contributed by atoms with Crippen LogP contribution in [0.4, 0.5) is 11.4 Å². The smallest absolute Gasteiger partial charge is 0.251 e. The van der Waals surface area contributed by atoms with Crippen molar-refractivity contribution in [2.75, 3.05) is 42.6 Å². The van der Waals surface area contributed by atoms with E-state index in [1.807, 2.05) is 25.1 Å². The molecule has 0 radical (unpaired) electrons. The Hall–Kier alpha value is -3.06. The van der Waals surface area contributed by atoms with Crippen molar-refractivity contribution in [2.24, 2.45) is 0 Å². The van der Waals surface area contributed by atoms with E-state index in [4.69, 9.17) is 4.74 Å². The number of carbonyl (C=O) groups excluding carboxylic acids is 2. The second-order valence-electron chi connectivity index (χ2n) is 7.23. The Kier molecular flexibility index (Phi) is 5.40. The van der Waals surface area contributed by atoms with E-state index in [1.54, 1.807) is 30.3 Å². The number of nitrogens with zero attached hydrogens (tertiary/aromatic N) is 3. The van der Waals surface area contributed by atoms with Gasteiger partial charge in [-0.1, -0.05) is 18.2 Å². The van der Waals surface area contributed by atoms with E-state index in [2.05, 4.69) is 9.80 Å². The molecule has 0 saturated carbocycles. The van der Waals surface area contributed by atoms with Gasteiger partial charge in [0.05, 0.1) is 30.4 Å². The van der Waals surface area contributed by atoms with Crippen LogP contribution in [0.3, 0.4) is 0 Å². The highest BCUT2D eigenvalue weighted by molar-refractivity contribution is 6.22. The van der Waals surface area contributed by atoms with Crippen LogP contribution in [0, 0.1) is 0 Å². The highest BCUT2D eigenvalue weighted by atomic mass is 16.5. The summed E-state index contributed by atoms with van der Waals surface area (Å²) in [7, 11) is 0. The summed E-state index contributed by atoms with van der Waals surface area (Å²) in [5.74, 6) is 0.537. The molecular formula is C22H25N3O4. The van der Waals surface area contributed by atoms with E-state index in [-0.39, 0.29) is 24.0 Å². The molecule has 2 saturated heterocycles. The van der Waals surface area contributed by atoms with E-state index < -0.39 is 6.04 Å². The predicted molar refractivity (Wildman–Crippen MR) is 110 cm³/mol. The number of piperazine rings is 1. The lowest BCUT2D eigenvalue weighted by Crippen LogP contribution is -2.52. The van der Waals surface area contributed by atoms with E-state index in [1.165, 1.54) is 4.90 Å². The molecule has 2 aromatic carbocycles. The number of phenolic OH excluding ortho intramolecular Hbond substituents is 1. The minimum atomic E-state index is -0.440. The summed E-state index contributed by atoms with van der Waals surface area (Å²) in [6.07, 6.45) is 0.189. The van der Waals surface area contributed by atoms with Gasteiger partial charge in [0.25, 0.3) is 5.91 Å². The number of hydrogen-bond acceptors (Lipinski definition) is 6. The number of para-hydroxylation sites is 2. The highest BCUT2D eigenvalue weighted by Crippen LogP contribution is 2.31. The molecule has 7 nitrogen and oxygen atoms in total. The van der Waals surface area contributed by atoms with Gasteiger partial charge in [-0.2, -0.15) is 0 Å². The number of aromatic hydroxyl groups is 1. The minimum Gasteiger partial charge on any atom is -0.506 e. The molecule has 0 bridgehead atoms. The molecule has 1 N–H and O–H groups in total. The fourth-order valence-electron chi connectivity index (χ4n) is 4.06. The summed E-state index contributed by atoms with van der Waals surface area (Å²) >= 11 is 0. The van der Waals surface area contributed by atoms with Crippen LogP contribution >= 0.6 is 0 Å². The van der Waals surface area contributed by atoms with Crippen molar-refractivity contribution in [1.82, 2.24) is 4.90 Å². The summed E-state index contributed by atoms with van der Waals surface area (Å²) in [4.78, 5) is 31.2. The Balaban J connectivity index is 1.44. The zero-order chi connectivity index (χ0) is 20.4. The van der Waals surface area contributed by atoms with Gasteiger partial charge in [-0.3, -0.25) is 14.5 Å². The first-order valence-corrected chi connectivity index (χ1v) is 9.95. The second-order valence-corrected chi connectivity index (χ2v) is 7.23. The molecule has 2 fully saturated rings. The van der Waals surface area contributed by atoms with Crippen LogP contribution in [-0.2, 0) is 9.59 Å². The summed E-state index contributed by atoms with van der Waals surface area (Å²) in [5.41, 5.74) is 1.36. The van der Waals surface area contributed by atoms with Crippen LogP contribution in [0.15, 0.2) is 48.5 Å². The summed E-state index contributed by atoms with van der Waals surface area (Å²) in [5, 5.41) is 10.1. The Morgan fingerprint density at radius 2 is 1.79 bits per heavy atom. The molecule has 0 spiro atoms. The Morgan fingerprint density at radius 1 is 1.03 bits per heavy atom. The number of hydrogen-bond donors (Lipinski definition) is 1. The van der Waals surface area contributed by atoms with Crippen LogP contribution in [0.5, 0.6) is 11.5 Å². The van der Waals surface area contributed by atoms with Crippen molar-refractivity contribution in [2.45, 2.75) is 19.4 Å². The predicted octanol–water partition coefficient (Wildman–Crippen LogP) is 2.25. The summed E-state index contributed by atoms with van der Waals surface area (Å²) in [6, 6.07) is 13.9. The third-order valence-electron chi connectivity index (χ3n) is 5.49. The number of amides is 2. The van der Waals surface area contributed by atoms with Crippen LogP contribution in [0.1, 0.15) is 13.3 Å². The fourth-order valence-corrected chi connectivity index (χ4v) is 4.06. The third-order valence-corrected chi connectivity index (χ3v) is 5.49. The van der Waals surface area contributed by atoms with Gasteiger partial charge in [-0.25, -0.2) is 4.90 Å². The quantitative estimate of drug-likeness (QED) is 0.783. The fraction of sp³-hybridized carbons (Fsp3) is 0.364. The Labute approximate surface area is 170 Å². The Bertz CT molecular complexity index is 908. The number of imide groups is 1. The van der Waals surface area contributed by atoms with E-state index >= 15 is 0 Å². The van der Waals surface area contributed by atoms with Gasteiger partial charge in [-0.15, -0.1) is 0 Å². The number of phenols is 1. The molecule has 2 heterocycles. The largest absolute Gasteiger partial charge is 0.506 e. The highest BCUT2D eigenvalue weighted by Gasteiger charge is 2.43. The number of anilines is 2. The SMILES string of the molecule is CCOc1cccc(N2C(=O)C[C@@H](N3CCN(c4ccccc4O)CC3)C2=O)c1. The number of ether oxygens (including phenoxy) is 1. The number of rotatable bonds is 5. The molecule has 1 atom stereocenters. The van der Waals surface area contributed by atoms with Crippen molar-refractivity contribution < 1.29 is 19.4 Å². The molecule has 2 aliphatic rings. The Morgan fingerprint density at radius 3 is 2.52 bits per heavy atom. The minimum absolute atomic E-state index is 0.181. The zero-order valence-electron chi connectivity index (χ0n) is 16.5. The lowest BCUT2D eigenvalue weighted by atomic mass is 10.1. The van der Waals surface area contributed by atoms with Gasteiger partial charge in [0.15, 0.2) is 0 Å². The molecule has 29 heavy (non-hydrogen) atoms.